The number of halogens is 2. The lowest BCUT2D eigenvalue weighted by Gasteiger charge is -2.09. The van der Waals surface area contributed by atoms with Crippen molar-refractivity contribution in [1.29, 1.82) is 0 Å². The van der Waals surface area contributed by atoms with Gasteiger partial charge in [-0.2, -0.15) is 0 Å². The van der Waals surface area contributed by atoms with Gasteiger partial charge in [0, 0.05) is 3.57 Å². The molecule has 1 heterocycles. The minimum Gasteiger partial charge on any atom is -0.478 e. The molecule has 1 aromatic carbocycles. The number of anilines is 2. The van der Waals surface area contributed by atoms with Crippen molar-refractivity contribution in [2.75, 3.05) is 5.32 Å². The molecule has 2 rings (SSSR count). The topological polar surface area (TPSA) is 62.2 Å². The Balaban J connectivity index is 2.29. The summed E-state index contributed by atoms with van der Waals surface area (Å²) in [6.07, 6.45) is 0. The van der Waals surface area contributed by atoms with Gasteiger partial charge in [-0.3, -0.25) is 0 Å². The molecule has 0 amide bonds. The molecule has 0 spiro atoms. The third-order valence-electron chi connectivity index (χ3n) is 2.51. The fourth-order valence-electron chi connectivity index (χ4n) is 1.59. The van der Waals surface area contributed by atoms with Crippen molar-refractivity contribution in [3.63, 3.8) is 0 Å². The van der Waals surface area contributed by atoms with Crippen LogP contribution in [0, 0.1) is 10.5 Å². The molecule has 0 aliphatic heterocycles. The highest BCUT2D eigenvalue weighted by Crippen LogP contribution is 2.26. The van der Waals surface area contributed by atoms with Gasteiger partial charge in [0.1, 0.15) is 5.82 Å². The zero-order valence-corrected chi connectivity index (χ0v) is 12.9. The third kappa shape index (κ3) is 3.36. The van der Waals surface area contributed by atoms with Crippen LogP contribution in [-0.4, -0.2) is 16.1 Å². The van der Waals surface area contributed by atoms with Gasteiger partial charge in [0.25, 0.3) is 0 Å². The molecule has 0 fully saturated rings. The highest BCUT2D eigenvalue weighted by molar-refractivity contribution is 14.1. The number of carbonyl (C=O) groups is 1. The second kappa shape index (κ2) is 5.75. The van der Waals surface area contributed by atoms with E-state index >= 15 is 0 Å². The summed E-state index contributed by atoms with van der Waals surface area (Å²) in [6.45, 7) is 1.66. The Morgan fingerprint density at radius 3 is 2.68 bits per heavy atom. The zero-order chi connectivity index (χ0) is 14.0. The number of aromatic nitrogens is 1. The summed E-state index contributed by atoms with van der Waals surface area (Å²) in [6, 6.07) is 8.75. The molecule has 0 unspecified atom stereocenters. The lowest BCUT2D eigenvalue weighted by Crippen LogP contribution is -2.03. The van der Waals surface area contributed by atoms with Crippen molar-refractivity contribution in [2.45, 2.75) is 6.92 Å². The average molecular weight is 389 g/mol. The van der Waals surface area contributed by atoms with E-state index in [1.165, 1.54) is 6.07 Å². The Kier molecular flexibility index (Phi) is 4.26. The van der Waals surface area contributed by atoms with E-state index in [0.29, 0.717) is 16.5 Å². The van der Waals surface area contributed by atoms with Gasteiger partial charge < -0.3 is 10.4 Å². The van der Waals surface area contributed by atoms with Gasteiger partial charge in [-0.1, -0.05) is 11.6 Å². The Labute approximate surface area is 129 Å². The summed E-state index contributed by atoms with van der Waals surface area (Å²) in [5, 5.41) is 12.6. The fourth-order valence-corrected chi connectivity index (χ4v) is 2.49. The van der Waals surface area contributed by atoms with Gasteiger partial charge in [-0.05, 0) is 59.8 Å². The molecule has 0 saturated carbocycles. The van der Waals surface area contributed by atoms with Crippen LogP contribution >= 0.6 is 34.2 Å². The summed E-state index contributed by atoms with van der Waals surface area (Å²) in [5.41, 5.74) is 1.38. The monoisotopic (exact) mass is 388 g/mol. The highest BCUT2D eigenvalue weighted by atomic mass is 127. The molecule has 0 bridgehead atoms. The number of aromatic carboxylic acids is 1. The van der Waals surface area contributed by atoms with E-state index < -0.39 is 5.97 Å². The van der Waals surface area contributed by atoms with Crippen molar-refractivity contribution in [2.24, 2.45) is 0 Å². The number of hydrogen-bond acceptors (Lipinski definition) is 3. The van der Waals surface area contributed by atoms with Crippen molar-refractivity contribution in [1.82, 2.24) is 4.98 Å². The molecule has 98 valence electrons. The summed E-state index contributed by atoms with van der Waals surface area (Å²) < 4.78 is 1.04. The number of rotatable bonds is 3. The summed E-state index contributed by atoms with van der Waals surface area (Å²) in [4.78, 5) is 15.1. The standard InChI is InChI=1S/C13H10ClIN2O2/c1-7-9(13(18)19)3-5-12(16-7)17-11-4-2-8(15)6-10(11)14/h2-6H,1H3,(H,16,17)(H,18,19). The molecule has 0 aliphatic carbocycles. The predicted octanol–water partition coefficient (Wildman–Crippen LogP) is 4.09. The Morgan fingerprint density at radius 1 is 1.37 bits per heavy atom. The molecular formula is C13H10ClIN2O2. The van der Waals surface area contributed by atoms with Crippen LogP contribution in [0.3, 0.4) is 0 Å². The number of aryl methyl sites for hydroxylation is 1. The van der Waals surface area contributed by atoms with Crippen LogP contribution in [0.5, 0.6) is 0 Å². The number of hydrogen-bond donors (Lipinski definition) is 2. The van der Waals surface area contributed by atoms with Crippen molar-refractivity contribution in [3.8, 4) is 0 Å². The summed E-state index contributed by atoms with van der Waals surface area (Å²) in [5.74, 6) is -0.422. The van der Waals surface area contributed by atoms with Crippen molar-refractivity contribution < 1.29 is 9.90 Å². The SMILES string of the molecule is Cc1nc(Nc2ccc(I)cc2Cl)ccc1C(=O)O. The van der Waals surface area contributed by atoms with Crippen LogP contribution in [-0.2, 0) is 0 Å². The fraction of sp³-hybridized carbons (Fsp3) is 0.0769. The number of pyridine rings is 1. The first-order chi connectivity index (χ1) is 8.97. The summed E-state index contributed by atoms with van der Waals surface area (Å²) >= 11 is 8.29. The largest absolute Gasteiger partial charge is 0.478 e. The van der Waals surface area contributed by atoms with Gasteiger partial charge in [0.05, 0.1) is 22.0 Å². The second-order valence-corrected chi connectivity index (χ2v) is 5.54. The maximum atomic E-state index is 10.9. The van der Waals surface area contributed by atoms with Gasteiger partial charge in [0.2, 0.25) is 0 Å². The molecule has 0 aliphatic rings. The molecule has 0 saturated heterocycles. The lowest BCUT2D eigenvalue weighted by atomic mass is 10.2. The van der Waals surface area contributed by atoms with Gasteiger partial charge >= 0.3 is 5.97 Å². The smallest absolute Gasteiger partial charge is 0.337 e. The zero-order valence-electron chi connectivity index (χ0n) is 9.95. The molecule has 0 atom stereocenters. The van der Waals surface area contributed by atoms with Gasteiger partial charge in [-0.15, -0.1) is 0 Å². The maximum Gasteiger partial charge on any atom is 0.337 e. The Bertz CT molecular complexity index is 647. The lowest BCUT2D eigenvalue weighted by molar-refractivity contribution is 0.0695. The first-order valence-electron chi connectivity index (χ1n) is 5.40. The van der Waals surface area contributed by atoms with E-state index in [0.717, 1.165) is 9.26 Å². The molecule has 1 aromatic heterocycles. The second-order valence-electron chi connectivity index (χ2n) is 3.88. The van der Waals surface area contributed by atoms with Crippen LogP contribution in [0.15, 0.2) is 30.3 Å². The molecule has 2 N–H and O–H groups in total. The molecule has 19 heavy (non-hydrogen) atoms. The molecule has 0 radical (unpaired) electrons. The van der Waals surface area contributed by atoms with Crippen LogP contribution in [0.2, 0.25) is 5.02 Å². The van der Waals surface area contributed by atoms with E-state index in [2.05, 4.69) is 32.9 Å². The number of carboxylic acids is 1. The van der Waals surface area contributed by atoms with E-state index in [1.807, 2.05) is 18.2 Å². The van der Waals surface area contributed by atoms with Crippen LogP contribution in [0.25, 0.3) is 0 Å². The molecule has 4 nitrogen and oxygen atoms in total. The van der Waals surface area contributed by atoms with Crippen LogP contribution < -0.4 is 5.32 Å². The van der Waals surface area contributed by atoms with E-state index in [-0.39, 0.29) is 5.56 Å². The van der Waals surface area contributed by atoms with Crippen LogP contribution in [0.4, 0.5) is 11.5 Å². The first kappa shape index (κ1) is 14.1. The third-order valence-corrected chi connectivity index (χ3v) is 3.49. The molecule has 6 heteroatoms. The maximum absolute atomic E-state index is 10.9. The minimum absolute atomic E-state index is 0.194. The molecule has 2 aromatic rings. The van der Waals surface area contributed by atoms with E-state index in [4.69, 9.17) is 16.7 Å². The number of nitrogens with one attached hydrogen (secondary N) is 1. The number of benzene rings is 1. The van der Waals surface area contributed by atoms with E-state index in [9.17, 15) is 4.79 Å². The average Bonchev–Trinajstić information content (AvgIpc) is 2.32. The normalized spacial score (nSPS) is 10.3. The van der Waals surface area contributed by atoms with Crippen molar-refractivity contribution >= 4 is 51.7 Å². The van der Waals surface area contributed by atoms with Gasteiger partial charge in [-0.25, -0.2) is 9.78 Å². The number of carboxylic acid groups (broad SMARTS) is 1. The van der Waals surface area contributed by atoms with Crippen molar-refractivity contribution in [3.05, 3.63) is 50.2 Å². The van der Waals surface area contributed by atoms with Crippen LogP contribution in [0.1, 0.15) is 16.1 Å². The minimum atomic E-state index is -0.983. The van der Waals surface area contributed by atoms with Gasteiger partial charge in [0.15, 0.2) is 0 Å². The quantitative estimate of drug-likeness (QED) is 0.778. The number of nitrogens with zero attached hydrogens (tertiary/aromatic N) is 1. The Morgan fingerprint density at radius 2 is 2.11 bits per heavy atom. The Hall–Kier alpha value is -1.34. The van der Waals surface area contributed by atoms with E-state index in [1.54, 1.807) is 13.0 Å². The first-order valence-corrected chi connectivity index (χ1v) is 6.86. The predicted molar refractivity (Wildman–Crippen MR) is 83.4 cm³/mol. The molecular weight excluding hydrogens is 379 g/mol. The summed E-state index contributed by atoms with van der Waals surface area (Å²) in [7, 11) is 0. The highest BCUT2D eigenvalue weighted by Gasteiger charge is 2.09.